The van der Waals surface area contributed by atoms with E-state index in [1.54, 1.807) is 12.3 Å². The Bertz CT molecular complexity index is 1100. The number of hydrogen-bond donors (Lipinski definition) is 2. The molecule has 3 atom stereocenters. The van der Waals surface area contributed by atoms with Crippen LogP contribution in [0.2, 0.25) is 0 Å². The molecule has 2 N–H and O–H groups in total. The number of aromatic nitrogens is 5. The van der Waals surface area contributed by atoms with Crippen LogP contribution in [-0.4, -0.2) is 36.5 Å². The second-order valence-corrected chi connectivity index (χ2v) is 7.15. The number of H-pyrrole nitrogens is 1. The SMILES string of the molecule is CC[C@@H]1C[C@H](NC(=O)c2ccoc2)C[C@@H]1c1nnc2cnc3[nH]ccc3n12. The van der Waals surface area contributed by atoms with Crippen molar-refractivity contribution in [3.63, 3.8) is 0 Å². The summed E-state index contributed by atoms with van der Waals surface area (Å²) in [6.07, 6.45) is 9.40. The highest BCUT2D eigenvalue weighted by Crippen LogP contribution is 2.41. The molecule has 1 amide bonds. The van der Waals surface area contributed by atoms with Crippen LogP contribution in [0.4, 0.5) is 0 Å². The highest BCUT2D eigenvalue weighted by Gasteiger charge is 2.38. The summed E-state index contributed by atoms with van der Waals surface area (Å²) in [5.74, 6) is 1.53. The Morgan fingerprint density at radius 3 is 3.11 bits per heavy atom. The van der Waals surface area contributed by atoms with Gasteiger partial charge in [0.1, 0.15) is 12.1 Å². The normalized spacial score (nSPS) is 22.6. The molecule has 0 saturated heterocycles. The molecule has 4 heterocycles. The molecule has 0 unspecified atom stereocenters. The van der Waals surface area contributed by atoms with Crippen molar-refractivity contribution in [3.8, 4) is 0 Å². The molecule has 4 aromatic rings. The number of amides is 1. The van der Waals surface area contributed by atoms with Gasteiger partial charge in [-0.25, -0.2) is 4.98 Å². The minimum absolute atomic E-state index is 0.0902. The zero-order chi connectivity index (χ0) is 18.4. The molecule has 0 bridgehead atoms. The maximum Gasteiger partial charge on any atom is 0.254 e. The molecule has 8 nitrogen and oxygen atoms in total. The summed E-state index contributed by atoms with van der Waals surface area (Å²) in [5, 5.41) is 12.0. The third kappa shape index (κ3) is 2.59. The van der Waals surface area contributed by atoms with E-state index in [4.69, 9.17) is 4.42 Å². The number of carbonyl (C=O) groups excluding carboxylic acids is 1. The van der Waals surface area contributed by atoms with E-state index >= 15 is 0 Å². The Morgan fingerprint density at radius 1 is 1.37 bits per heavy atom. The van der Waals surface area contributed by atoms with Crippen molar-refractivity contribution in [1.29, 1.82) is 0 Å². The second-order valence-electron chi connectivity index (χ2n) is 7.15. The summed E-state index contributed by atoms with van der Waals surface area (Å²) in [6, 6.07) is 3.79. The molecule has 4 aromatic heterocycles. The zero-order valence-corrected chi connectivity index (χ0v) is 14.9. The monoisotopic (exact) mass is 364 g/mol. The van der Waals surface area contributed by atoms with Gasteiger partial charge in [-0.05, 0) is 30.9 Å². The molecule has 0 aliphatic heterocycles. The number of aromatic amines is 1. The molecule has 1 saturated carbocycles. The van der Waals surface area contributed by atoms with Crippen LogP contribution in [0.1, 0.15) is 48.3 Å². The van der Waals surface area contributed by atoms with Gasteiger partial charge in [-0.2, -0.15) is 0 Å². The third-order valence-corrected chi connectivity index (χ3v) is 5.64. The molecule has 1 fully saturated rings. The van der Waals surface area contributed by atoms with E-state index in [0.29, 0.717) is 11.5 Å². The van der Waals surface area contributed by atoms with Crippen LogP contribution in [0.15, 0.2) is 41.5 Å². The fraction of sp³-hybridized carbons (Fsp3) is 0.368. The molecule has 0 spiro atoms. The van der Waals surface area contributed by atoms with E-state index in [9.17, 15) is 4.79 Å². The Labute approximate surface area is 155 Å². The van der Waals surface area contributed by atoms with Gasteiger partial charge in [0, 0.05) is 18.2 Å². The Morgan fingerprint density at radius 2 is 2.30 bits per heavy atom. The molecular weight excluding hydrogens is 344 g/mol. The first-order valence-electron chi connectivity index (χ1n) is 9.24. The number of hydrogen-bond acceptors (Lipinski definition) is 5. The largest absolute Gasteiger partial charge is 0.472 e. The zero-order valence-electron chi connectivity index (χ0n) is 14.9. The van der Waals surface area contributed by atoms with E-state index in [0.717, 1.165) is 41.9 Å². The lowest BCUT2D eigenvalue weighted by molar-refractivity contribution is 0.0936. The van der Waals surface area contributed by atoms with E-state index in [-0.39, 0.29) is 17.9 Å². The summed E-state index contributed by atoms with van der Waals surface area (Å²) >= 11 is 0. The van der Waals surface area contributed by atoms with Gasteiger partial charge in [-0.15, -0.1) is 10.2 Å². The molecule has 1 aliphatic rings. The maximum atomic E-state index is 12.4. The number of furan rings is 1. The van der Waals surface area contributed by atoms with E-state index < -0.39 is 0 Å². The van der Waals surface area contributed by atoms with Gasteiger partial charge in [-0.1, -0.05) is 13.3 Å². The number of nitrogens with zero attached hydrogens (tertiary/aromatic N) is 4. The standard InChI is InChI=1S/C19H20N6O2/c1-2-11-7-13(22-19(26)12-4-6-27-10-12)8-14(11)18-24-23-16-9-21-17-15(25(16)18)3-5-20-17/h3-6,9-11,13-14,20H,2,7-8H2,1H3,(H,22,26)/t11-,13+,14+/m1/s1. The lowest BCUT2D eigenvalue weighted by atomic mass is 9.93. The predicted molar refractivity (Wildman–Crippen MR) is 98.4 cm³/mol. The molecule has 138 valence electrons. The van der Waals surface area contributed by atoms with Gasteiger partial charge >= 0.3 is 0 Å². The first kappa shape index (κ1) is 16.0. The summed E-state index contributed by atoms with van der Waals surface area (Å²) in [5.41, 5.74) is 3.10. The minimum Gasteiger partial charge on any atom is -0.472 e. The Kier molecular flexibility index (Phi) is 3.70. The maximum absolute atomic E-state index is 12.4. The summed E-state index contributed by atoms with van der Waals surface area (Å²) in [7, 11) is 0. The van der Waals surface area contributed by atoms with Crippen molar-refractivity contribution in [1.82, 2.24) is 29.9 Å². The molecule has 8 heteroatoms. The van der Waals surface area contributed by atoms with Gasteiger partial charge < -0.3 is 14.7 Å². The summed E-state index contributed by atoms with van der Waals surface area (Å²) in [4.78, 5) is 19.9. The highest BCUT2D eigenvalue weighted by molar-refractivity contribution is 5.94. The van der Waals surface area contributed by atoms with Crippen molar-refractivity contribution >= 4 is 22.7 Å². The van der Waals surface area contributed by atoms with Crippen LogP contribution < -0.4 is 5.32 Å². The van der Waals surface area contributed by atoms with Gasteiger partial charge in [0.2, 0.25) is 0 Å². The van der Waals surface area contributed by atoms with Crippen LogP contribution in [0.5, 0.6) is 0 Å². The van der Waals surface area contributed by atoms with Crippen LogP contribution in [0, 0.1) is 5.92 Å². The first-order valence-corrected chi connectivity index (χ1v) is 9.24. The molecule has 5 rings (SSSR count). The van der Waals surface area contributed by atoms with Gasteiger partial charge in [0.15, 0.2) is 11.3 Å². The second kappa shape index (κ2) is 6.22. The van der Waals surface area contributed by atoms with Crippen LogP contribution in [0.25, 0.3) is 16.8 Å². The molecular formula is C19H20N6O2. The van der Waals surface area contributed by atoms with Crippen LogP contribution in [-0.2, 0) is 0 Å². The minimum atomic E-state index is -0.0902. The van der Waals surface area contributed by atoms with Gasteiger partial charge in [0.25, 0.3) is 5.91 Å². The average Bonchev–Trinajstić information content (AvgIpc) is 3.45. The average molecular weight is 364 g/mol. The lowest BCUT2D eigenvalue weighted by Crippen LogP contribution is -2.32. The molecule has 1 aliphatic carbocycles. The Hall–Kier alpha value is -3.16. The fourth-order valence-electron chi connectivity index (χ4n) is 4.31. The van der Waals surface area contributed by atoms with E-state index in [1.165, 1.54) is 12.5 Å². The van der Waals surface area contributed by atoms with E-state index in [2.05, 4.69) is 36.8 Å². The van der Waals surface area contributed by atoms with Crippen molar-refractivity contribution in [2.24, 2.45) is 5.92 Å². The van der Waals surface area contributed by atoms with Crippen LogP contribution >= 0.6 is 0 Å². The van der Waals surface area contributed by atoms with Crippen molar-refractivity contribution in [2.45, 2.75) is 38.1 Å². The summed E-state index contributed by atoms with van der Waals surface area (Å²) < 4.78 is 7.10. The number of fused-ring (bicyclic) bond motifs is 3. The number of nitrogens with one attached hydrogen (secondary N) is 2. The number of rotatable bonds is 4. The van der Waals surface area contributed by atoms with E-state index in [1.807, 2.05) is 12.3 Å². The van der Waals surface area contributed by atoms with Crippen molar-refractivity contribution in [2.75, 3.05) is 0 Å². The number of carbonyl (C=O) groups is 1. The van der Waals surface area contributed by atoms with Crippen molar-refractivity contribution in [3.05, 3.63) is 48.4 Å². The first-order chi connectivity index (χ1) is 13.2. The molecule has 0 aromatic carbocycles. The Balaban J connectivity index is 1.47. The van der Waals surface area contributed by atoms with Gasteiger partial charge in [0.05, 0.1) is 23.5 Å². The molecule has 0 radical (unpaired) electrons. The fourth-order valence-corrected chi connectivity index (χ4v) is 4.31. The van der Waals surface area contributed by atoms with Crippen LogP contribution in [0.3, 0.4) is 0 Å². The third-order valence-electron chi connectivity index (χ3n) is 5.64. The smallest absolute Gasteiger partial charge is 0.254 e. The molecule has 27 heavy (non-hydrogen) atoms. The topological polar surface area (TPSA) is 101 Å². The van der Waals surface area contributed by atoms with Crippen molar-refractivity contribution < 1.29 is 9.21 Å². The predicted octanol–water partition coefficient (Wildman–Crippen LogP) is 2.90. The summed E-state index contributed by atoms with van der Waals surface area (Å²) in [6.45, 7) is 2.19. The highest BCUT2D eigenvalue weighted by atomic mass is 16.3. The lowest BCUT2D eigenvalue weighted by Gasteiger charge is -2.15. The van der Waals surface area contributed by atoms with Gasteiger partial charge in [-0.3, -0.25) is 9.20 Å². The quantitative estimate of drug-likeness (QED) is 0.580.